The fourth-order valence-corrected chi connectivity index (χ4v) is 2.84. The molecule has 4 nitrogen and oxygen atoms in total. The van der Waals surface area contributed by atoms with Crippen LogP contribution in [0.15, 0.2) is 54.4 Å². The van der Waals surface area contributed by atoms with Crippen LogP contribution in [0.4, 0.5) is 10.1 Å². The van der Waals surface area contributed by atoms with E-state index in [9.17, 15) is 9.18 Å². The van der Waals surface area contributed by atoms with Gasteiger partial charge in [-0.15, -0.1) is 0 Å². The minimum absolute atomic E-state index is 0.0112. The number of benzene rings is 2. The number of hydrogen-bond acceptors (Lipinski definition) is 3. The average Bonchev–Trinajstić information content (AvgIpc) is 2.64. The van der Waals surface area contributed by atoms with Crippen molar-refractivity contribution >= 4 is 11.6 Å². The molecule has 0 bridgehead atoms. The summed E-state index contributed by atoms with van der Waals surface area (Å²) >= 11 is 0. The summed E-state index contributed by atoms with van der Waals surface area (Å²) in [4.78, 5) is 14.6. The van der Waals surface area contributed by atoms with Crippen LogP contribution in [0.1, 0.15) is 21.5 Å². The molecule has 0 atom stereocenters. The van der Waals surface area contributed by atoms with Crippen LogP contribution in [0.25, 0.3) is 0 Å². The van der Waals surface area contributed by atoms with Crippen molar-refractivity contribution in [1.82, 2.24) is 0 Å². The predicted octanol–water partition coefficient (Wildman–Crippen LogP) is 3.39. The van der Waals surface area contributed by atoms with Crippen LogP contribution in [-0.4, -0.2) is 25.6 Å². The van der Waals surface area contributed by atoms with Crippen LogP contribution in [0.3, 0.4) is 0 Å². The fourth-order valence-electron chi connectivity index (χ4n) is 2.84. The lowest BCUT2D eigenvalue weighted by atomic mass is 9.98. The topological polar surface area (TPSA) is 55.6 Å². The third-order valence-electron chi connectivity index (χ3n) is 4.34. The highest BCUT2D eigenvalue weighted by Gasteiger charge is 2.25. The molecule has 1 aliphatic rings. The summed E-state index contributed by atoms with van der Waals surface area (Å²) in [6.07, 6.45) is 1.22. The van der Waals surface area contributed by atoms with E-state index in [-0.39, 0.29) is 19.1 Å². The van der Waals surface area contributed by atoms with Crippen LogP contribution < -0.4 is 15.4 Å². The summed E-state index contributed by atoms with van der Waals surface area (Å²) in [6, 6.07) is 13.3. The molecule has 1 heterocycles. The van der Waals surface area contributed by atoms with E-state index in [0.717, 1.165) is 23.2 Å². The van der Waals surface area contributed by atoms with Gasteiger partial charge in [-0.2, -0.15) is 0 Å². The Morgan fingerprint density at radius 1 is 1.28 bits per heavy atom. The molecule has 2 N–H and O–H groups in total. The van der Waals surface area contributed by atoms with Crippen molar-refractivity contribution in [2.24, 2.45) is 5.73 Å². The van der Waals surface area contributed by atoms with Gasteiger partial charge in [0.2, 0.25) is 0 Å². The maximum Gasteiger partial charge on any atom is 0.258 e. The molecule has 2 aromatic rings. The van der Waals surface area contributed by atoms with Gasteiger partial charge in [-0.1, -0.05) is 17.7 Å². The van der Waals surface area contributed by atoms with Crippen molar-refractivity contribution in [1.29, 1.82) is 0 Å². The van der Waals surface area contributed by atoms with Gasteiger partial charge in [-0.05, 0) is 49.2 Å². The maximum atomic E-state index is 12.8. The molecular formula is C20H21FN2O2. The van der Waals surface area contributed by atoms with E-state index >= 15 is 0 Å². The van der Waals surface area contributed by atoms with Gasteiger partial charge in [-0.3, -0.25) is 4.79 Å². The molecule has 1 amide bonds. The first kappa shape index (κ1) is 17.2. The summed E-state index contributed by atoms with van der Waals surface area (Å²) in [5, 5.41) is 0. The quantitative estimate of drug-likeness (QED) is 0.908. The molecule has 130 valence electrons. The predicted molar refractivity (Wildman–Crippen MR) is 96.7 cm³/mol. The Labute approximate surface area is 146 Å². The van der Waals surface area contributed by atoms with Gasteiger partial charge in [0.1, 0.15) is 12.4 Å². The van der Waals surface area contributed by atoms with Gasteiger partial charge in [0.25, 0.3) is 5.91 Å². The van der Waals surface area contributed by atoms with Crippen molar-refractivity contribution in [3.05, 3.63) is 71.1 Å². The van der Waals surface area contributed by atoms with Crippen molar-refractivity contribution in [3.8, 4) is 5.75 Å². The number of hydrogen-bond donors (Lipinski definition) is 1. The number of halogens is 1. The lowest BCUT2D eigenvalue weighted by Crippen LogP contribution is -2.37. The first-order chi connectivity index (χ1) is 12.1. The summed E-state index contributed by atoms with van der Waals surface area (Å²) in [7, 11) is 0. The van der Waals surface area contributed by atoms with Gasteiger partial charge in [0.15, 0.2) is 0 Å². The Kier molecular flexibility index (Phi) is 5.14. The SMILES string of the molecule is Cc1ccc(N2CCc3cc(OC/C(=C/F)CN)ccc3C2=O)cc1. The Hall–Kier alpha value is -2.66. The van der Waals surface area contributed by atoms with Crippen LogP contribution in [-0.2, 0) is 6.42 Å². The zero-order chi connectivity index (χ0) is 17.8. The second-order valence-electron chi connectivity index (χ2n) is 6.12. The highest BCUT2D eigenvalue weighted by atomic mass is 19.1. The molecule has 0 saturated heterocycles. The van der Waals surface area contributed by atoms with Gasteiger partial charge in [-0.25, -0.2) is 4.39 Å². The normalized spacial score (nSPS) is 14.4. The highest BCUT2D eigenvalue weighted by molar-refractivity contribution is 6.08. The largest absolute Gasteiger partial charge is 0.489 e. The first-order valence-corrected chi connectivity index (χ1v) is 8.25. The van der Waals surface area contributed by atoms with E-state index in [1.54, 1.807) is 17.0 Å². The zero-order valence-electron chi connectivity index (χ0n) is 14.2. The minimum atomic E-state index is -0.0112. The number of anilines is 1. The van der Waals surface area contributed by atoms with Crippen molar-refractivity contribution in [2.75, 3.05) is 24.6 Å². The molecule has 25 heavy (non-hydrogen) atoms. The molecule has 3 rings (SSSR count). The Balaban J connectivity index is 1.77. The number of ether oxygens (including phenoxy) is 1. The average molecular weight is 340 g/mol. The molecule has 0 aliphatic carbocycles. The molecule has 0 unspecified atom stereocenters. The number of rotatable bonds is 5. The number of carbonyl (C=O) groups is 1. The second kappa shape index (κ2) is 7.49. The zero-order valence-corrected chi connectivity index (χ0v) is 14.2. The number of fused-ring (bicyclic) bond motifs is 1. The van der Waals surface area contributed by atoms with E-state index in [4.69, 9.17) is 10.5 Å². The molecule has 0 fully saturated rings. The second-order valence-corrected chi connectivity index (χ2v) is 6.12. The van der Waals surface area contributed by atoms with E-state index in [2.05, 4.69) is 0 Å². The maximum absolute atomic E-state index is 12.8. The van der Waals surface area contributed by atoms with Gasteiger partial charge >= 0.3 is 0 Å². The molecule has 2 aromatic carbocycles. The number of aryl methyl sites for hydroxylation is 1. The molecule has 0 saturated carbocycles. The van der Waals surface area contributed by atoms with Crippen LogP contribution in [0.2, 0.25) is 0 Å². The minimum Gasteiger partial charge on any atom is -0.489 e. The lowest BCUT2D eigenvalue weighted by Gasteiger charge is -2.29. The summed E-state index contributed by atoms with van der Waals surface area (Å²) < 4.78 is 18.1. The molecule has 0 aromatic heterocycles. The molecule has 0 radical (unpaired) electrons. The van der Waals surface area contributed by atoms with Crippen molar-refractivity contribution in [3.63, 3.8) is 0 Å². The molecule has 0 spiro atoms. The van der Waals surface area contributed by atoms with Gasteiger partial charge in [0, 0.05) is 29.9 Å². The van der Waals surface area contributed by atoms with Crippen LogP contribution >= 0.6 is 0 Å². The smallest absolute Gasteiger partial charge is 0.258 e. The fraction of sp³-hybridized carbons (Fsp3) is 0.250. The third kappa shape index (κ3) is 3.72. The van der Waals surface area contributed by atoms with E-state index in [1.807, 2.05) is 37.3 Å². The van der Waals surface area contributed by atoms with E-state index in [1.165, 1.54) is 0 Å². The van der Waals surface area contributed by atoms with Gasteiger partial charge < -0.3 is 15.4 Å². The van der Waals surface area contributed by atoms with E-state index < -0.39 is 0 Å². The molecular weight excluding hydrogens is 319 g/mol. The highest BCUT2D eigenvalue weighted by Crippen LogP contribution is 2.27. The number of nitrogens with zero attached hydrogens (tertiary/aromatic N) is 1. The van der Waals surface area contributed by atoms with Crippen LogP contribution in [0.5, 0.6) is 5.75 Å². The Morgan fingerprint density at radius 2 is 2.04 bits per heavy atom. The van der Waals surface area contributed by atoms with Gasteiger partial charge in [0.05, 0.1) is 6.33 Å². The molecule has 1 aliphatic heterocycles. The number of amides is 1. The number of carbonyl (C=O) groups excluding carboxylic acids is 1. The first-order valence-electron chi connectivity index (χ1n) is 8.25. The Morgan fingerprint density at radius 3 is 2.72 bits per heavy atom. The molecule has 5 heteroatoms. The van der Waals surface area contributed by atoms with Crippen LogP contribution in [0, 0.1) is 6.92 Å². The van der Waals surface area contributed by atoms with Crippen molar-refractivity contribution in [2.45, 2.75) is 13.3 Å². The summed E-state index contributed by atoms with van der Waals surface area (Å²) in [5.74, 6) is 0.603. The summed E-state index contributed by atoms with van der Waals surface area (Å²) in [6.45, 7) is 2.87. The number of nitrogens with two attached hydrogens (primary N) is 1. The standard InChI is InChI=1S/C20H21FN2O2/c1-14-2-4-17(5-3-14)23-9-8-16-10-18(6-7-19(16)20(23)24)25-13-15(11-21)12-22/h2-7,10-11H,8-9,12-13,22H2,1H3/b15-11+. The third-order valence-corrected chi connectivity index (χ3v) is 4.34. The monoisotopic (exact) mass is 340 g/mol. The Bertz CT molecular complexity index is 800. The lowest BCUT2D eigenvalue weighted by molar-refractivity contribution is 0.0980. The summed E-state index contributed by atoms with van der Waals surface area (Å²) in [5.41, 5.74) is 9.50. The van der Waals surface area contributed by atoms with E-state index in [0.29, 0.717) is 29.8 Å². The van der Waals surface area contributed by atoms with Crippen molar-refractivity contribution < 1.29 is 13.9 Å².